The number of rotatable bonds is 3. The van der Waals surface area contributed by atoms with E-state index in [1.807, 2.05) is 12.1 Å². The van der Waals surface area contributed by atoms with E-state index >= 15 is 0 Å². The number of aryl methyl sites for hydroxylation is 1. The Morgan fingerprint density at radius 3 is 2.65 bits per heavy atom. The Balaban J connectivity index is 1.75. The molecule has 0 aliphatic heterocycles. The number of benzene rings is 1. The predicted octanol–water partition coefficient (Wildman–Crippen LogP) is 3.37. The lowest BCUT2D eigenvalue weighted by Crippen LogP contribution is -2.26. The number of hydrogen-bond donors (Lipinski definition) is 1. The Morgan fingerprint density at radius 2 is 1.90 bits per heavy atom. The summed E-state index contributed by atoms with van der Waals surface area (Å²) in [4.78, 5) is 24.7. The van der Waals surface area contributed by atoms with E-state index in [-0.39, 0.29) is 17.7 Å². The van der Waals surface area contributed by atoms with Gasteiger partial charge in [0.1, 0.15) is 0 Å². The maximum atomic E-state index is 12.2. The summed E-state index contributed by atoms with van der Waals surface area (Å²) in [6.07, 6.45) is 1.94. The van der Waals surface area contributed by atoms with E-state index in [1.54, 1.807) is 12.1 Å². The molecule has 2 aromatic rings. The number of amides is 1. The molecule has 0 bridgehead atoms. The van der Waals surface area contributed by atoms with Crippen LogP contribution in [0.1, 0.15) is 49.9 Å². The molecule has 1 aromatic carbocycles. The molecule has 102 valence electrons. The van der Waals surface area contributed by atoms with Gasteiger partial charge in [-0.25, -0.2) is 0 Å². The zero-order chi connectivity index (χ0) is 14.1. The maximum Gasteiger partial charge on any atom is 0.261 e. The molecule has 1 atom stereocenters. The van der Waals surface area contributed by atoms with Crippen molar-refractivity contribution in [2.75, 3.05) is 0 Å². The molecule has 1 aliphatic carbocycles. The highest BCUT2D eigenvalue weighted by Crippen LogP contribution is 2.31. The van der Waals surface area contributed by atoms with Crippen molar-refractivity contribution < 1.29 is 9.59 Å². The average molecular weight is 285 g/mol. The second-order valence-corrected chi connectivity index (χ2v) is 6.07. The summed E-state index contributed by atoms with van der Waals surface area (Å²) in [5.74, 6) is -0.0931. The largest absolute Gasteiger partial charge is 0.345 e. The molecule has 0 spiro atoms. The highest BCUT2D eigenvalue weighted by molar-refractivity contribution is 7.15. The molecule has 0 radical (unpaired) electrons. The number of Topliss-reactive ketones (excluding diaryl/α,β-unsaturated/α-hetero) is 1. The quantitative estimate of drug-likeness (QED) is 0.879. The zero-order valence-corrected chi connectivity index (χ0v) is 12.0. The summed E-state index contributed by atoms with van der Waals surface area (Å²) in [5, 5.41) is 3.06. The van der Waals surface area contributed by atoms with Gasteiger partial charge < -0.3 is 5.32 Å². The monoisotopic (exact) mass is 285 g/mol. The van der Waals surface area contributed by atoms with Crippen molar-refractivity contribution >= 4 is 23.0 Å². The Morgan fingerprint density at radius 1 is 1.15 bits per heavy atom. The number of fused-ring (bicyclic) bond motifs is 1. The van der Waals surface area contributed by atoms with E-state index in [9.17, 15) is 9.59 Å². The first-order valence-corrected chi connectivity index (χ1v) is 7.46. The highest BCUT2D eigenvalue weighted by Gasteiger charge is 2.24. The van der Waals surface area contributed by atoms with Crippen molar-refractivity contribution in [1.82, 2.24) is 5.32 Å². The Hall–Kier alpha value is -1.94. The first-order valence-electron chi connectivity index (χ1n) is 6.64. The third kappa shape index (κ3) is 2.39. The average Bonchev–Trinajstić information content (AvgIpc) is 3.06. The van der Waals surface area contributed by atoms with Crippen LogP contribution in [0, 0.1) is 0 Å². The SMILES string of the molecule is CC(=O)c1ccc(C(=O)NC2CCc3ccccc32)s1. The standard InChI is InChI=1S/C16H15NO2S/c1-10(18)14-8-9-15(20-14)16(19)17-13-7-6-11-4-2-3-5-12(11)13/h2-5,8-9,13H,6-7H2,1H3,(H,17,19). The first kappa shape index (κ1) is 13.1. The maximum absolute atomic E-state index is 12.2. The van der Waals surface area contributed by atoms with Crippen LogP contribution < -0.4 is 5.32 Å². The molecule has 3 rings (SSSR count). The third-order valence-electron chi connectivity index (χ3n) is 3.61. The molecular formula is C16H15NO2S. The highest BCUT2D eigenvalue weighted by atomic mass is 32.1. The van der Waals surface area contributed by atoms with E-state index in [0.29, 0.717) is 9.75 Å². The number of nitrogens with one attached hydrogen (secondary N) is 1. The zero-order valence-electron chi connectivity index (χ0n) is 11.2. The van der Waals surface area contributed by atoms with Crippen molar-refractivity contribution in [2.45, 2.75) is 25.8 Å². The number of hydrogen-bond acceptors (Lipinski definition) is 3. The van der Waals surface area contributed by atoms with Gasteiger partial charge in [-0.3, -0.25) is 9.59 Å². The van der Waals surface area contributed by atoms with Gasteiger partial charge in [0.15, 0.2) is 5.78 Å². The van der Waals surface area contributed by atoms with Gasteiger partial charge in [0.05, 0.1) is 15.8 Å². The second-order valence-electron chi connectivity index (χ2n) is 4.98. The van der Waals surface area contributed by atoms with Crippen LogP contribution in [0.3, 0.4) is 0 Å². The molecule has 4 heteroatoms. The van der Waals surface area contributed by atoms with Gasteiger partial charge in [-0.15, -0.1) is 11.3 Å². The summed E-state index contributed by atoms with van der Waals surface area (Å²) in [6, 6.07) is 11.7. The molecule has 1 aromatic heterocycles. The molecule has 1 unspecified atom stereocenters. The third-order valence-corrected chi connectivity index (χ3v) is 4.80. The van der Waals surface area contributed by atoms with Crippen LogP contribution in [0.4, 0.5) is 0 Å². The number of carbonyl (C=O) groups excluding carboxylic acids is 2. The van der Waals surface area contributed by atoms with Crippen molar-refractivity contribution in [3.8, 4) is 0 Å². The molecule has 1 amide bonds. The first-order chi connectivity index (χ1) is 9.65. The smallest absolute Gasteiger partial charge is 0.261 e. The summed E-state index contributed by atoms with van der Waals surface area (Å²) < 4.78 is 0. The molecule has 1 N–H and O–H groups in total. The summed E-state index contributed by atoms with van der Waals surface area (Å²) in [6.45, 7) is 1.51. The molecular weight excluding hydrogens is 270 g/mol. The molecule has 3 nitrogen and oxygen atoms in total. The minimum atomic E-state index is -0.0933. The van der Waals surface area contributed by atoms with Gasteiger partial charge in [-0.2, -0.15) is 0 Å². The van der Waals surface area contributed by atoms with E-state index in [2.05, 4.69) is 17.4 Å². The van der Waals surface area contributed by atoms with Crippen LogP contribution in [-0.2, 0) is 6.42 Å². The van der Waals surface area contributed by atoms with Gasteiger partial charge in [-0.05, 0) is 43.0 Å². The van der Waals surface area contributed by atoms with Crippen molar-refractivity contribution in [1.29, 1.82) is 0 Å². The van der Waals surface area contributed by atoms with Crippen molar-refractivity contribution in [3.63, 3.8) is 0 Å². The van der Waals surface area contributed by atoms with E-state index in [1.165, 1.54) is 29.4 Å². The normalized spacial score (nSPS) is 16.8. The van der Waals surface area contributed by atoms with Gasteiger partial charge in [0.25, 0.3) is 5.91 Å². The topological polar surface area (TPSA) is 46.2 Å². The Bertz CT molecular complexity index is 675. The lowest BCUT2D eigenvalue weighted by Gasteiger charge is -2.13. The van der Waals surface area contributed by atoms with Crippen molar-refractivity contribution in [2.24, 2.45) is 0 Å². The van der Waals surface area contributed by atoms with Gasteiger partial charge >= 0.3 is 0 Å². The summed E-state index contributed by atoms with van der Waals surface area (Å²) in [7, 11) is 0. The lowest BCUT2D eigenvalue weighted by atomic mass is 10.1. The van der Waals surface area contributed by atoms with Crippen LogP contribution in [0.25, 0.3) is 0 Å². The van der Waals surface area contributed by atoms with Crippen LogP contribution in [0.5, 0.6) is 0 Å². The lowest BCUT2D eigenvalue weighted by molar-refractivity contribution is 0.0940. The molecule has 0 fully saturated rings. The van der Waals surface area contributed by atoms with Crippen LogP contribution in [0.2, 0.25) is 0 Å². The van der Waals surface area contributed by atoms with Gasteiger partial charge in [-0.1, -0.05) is 24.3 Å². The minimum Gasteiger partial charge on any atom is -0.345 e. The molecule has 0 saturated heterocycles. The molecule has 20 heavy (non-hydrogen) atoms. The number of carbonyl (C=O) groups is 2. The summed E-state index contributed by atoms with van der Waals surface area (Å²) in [5.41, 5.74) is 2.53. The fourth-order valence-electron chi connectivity index (χ4n) is 2.59. The fraction of sp³-hybridized carbons (Fsp3) is 0.250. The van der Waals surface area contributed by atoms with E-state index in [4.69, 9.17) is 0 Å². The Labute approximate surface area is 121 Å². The molecule has 0 saturated carbocycles. The van der Waals surface area contributed by atoms with E-state index < -0.39 is 0 Å². The van der Waals surface area contributed by atoms with Crippen molar-refractivity contribution in [3.05, 3.63) is 57.3 Å². The predicted molar refractivity (Wildman–Crippen MR) is 79.3 cm³/mol. The fourth-order valence-corrected chi connectivity index (χ4v) is 3.39. The van der Waals surface area contributed by atoms with Crippen LogP contribution >= 0.6 is 11.3 Å². The number of ketones is 1. The Kier molecular flexibility index (Phi) is 3.40. The summed E-state index contributed by atoms with van der Waals surface area (Å²) >= 11 is 1.25. The minimum absolute atomic E-state index is 0.000243. The van der Waals surface area contributed by atoms with Crippen LogP contribution in [0.15, 0.2) is 36.4 Å². The van der Waals surface area contributed by atoms with Gasteiger partial charge in [0, 0.05) is 0 Å². The van der Waals surface area contributed by atoms with Gasteiger partial charge in [0.2, 0.25) is 0 Å². The van der Waals surface area contributed by atoms with E-state index in [0.717, 1.165) is 12.8 Å². The number of thiophene rings is 1. The van der Waals surface area contributed by atoms with Crippen LogP contribution in [-0.4, -0.2) is 11.7 Å². The second kappa shape index (κ2) is 5.21. The molecule has 1 aliphatic rings. The molecule has 1 heterocycles.